The van der Waals surface area contributed by atoms with Crippen molar-refractivity contribution in [2.75, 3.05) is 13.1 Å². The van der Waals surface area contributed by atoms with Gasteiger partial charge in [-0.05, 0) is 79.8 Å². The molecular weight excluding hydrogens is 836 g/mol. The number of rotatable bonds is 12. The average molecular weight is 891 g/mol. The van der Waals surface area contributed by atoms with Crippen molar-refractivity contribution in [3.63, 3.8) is 0 Å². The molecule has 0 unspecified atom stereocenters. The average Bonchev–Trinajstić information content (AvgIpc) is 3.34. The van der Waals surface area contributed by atoms with E-state index in [0.29, 0.717) is 34.3 Å². The number of phenolic OH excluding ortho intramolecular Hbond substituents is 1. The molecule has 3 saturated heterocycles. The molecule has 3 fully saturated rings. The van der Waals surface area contributed by atoms with Gasteiger partial charge in [-0.2, -0.15) is 4.98 Å². The molecule has 1 N–H and O–H groups in total. The number of phenols is 1. The first kappa shape index (κ1) is 43.1. The molecule has 66 heavy (non-hydrogen) atoms. The van der Waals surface area contributed by atoms with Crippen LogP contribution in [0.1, 0.15) is 50.8 Å². The van der Waals surface area contributed by atoms with Gasteiger partial charge in [0.15, 0.2) is 11.9 Å². The van der Waals surface area contributed by atoms with Gasteiger partial charge in [-0.25, -0.2) is 4.98 Å². The van der Waals surface area contributed by atoms with Crippen LogP contribution in [0.4, 0.5) is 0 Å². The highest BCUT2D eigenvalue weighted by molar-refractivity contribution is 6.32. The van der Waals surface area contributed by atoms with Crippen LogP contribution in [0.3, 0.4) is 0 Å². The first-order chi connectivity index (χ1) is 32.1. The lowest BCUT2D eigenvalue weighted by Gasteiger charge is -2.58. The molecule has 0 radical (unpaired) electrons. The Morgan fingerprint density at radius 2 is 1.38 bits per heavy atom. The van der Waals surface area contributed by atoms with Gasteiger partial charge in [-0.15, -0.1) is 6.58 Å². The van der Waals surface area contributed by atoms with Gasteiger partial charge in [0.05, 0.1) is 24.2 Å². The molecule has 2 bridgehead atoms. The van der Waals surface area contributed by atoms with Gasteiger partial charge in [-0.3, -0.25) is 4.98 Å². The van der Waals surface area contributed by atoms with Gasteiger partial charge in [0.25, 0.3) is 0 Å². The number of benzene rings is 6. The molecule has 5 heterocycles. The molecule has 0 saturated carbocycles. The highest BCUT2D eigenvalue weighted by atomic mass is 35.5. The second kappa shape index (κ2) is 17.9. The van der Waals surface area contributed by atoms with E-state index in [2.05, 4.69) is 112 Å². The van der Waals surface area contributed by atoms with E-state index in [4.69, 9.17) is 36.0 Å². The number of piperidine rings is 3. The van der Waals surface area contributed by atoms with Crippen molar-refractivity contribution in [2.24, 2.45) is 11.8 Å². The lowest BCUT2D eigenvalue weighted by molar-refractivity contribution is -0.984. The Morgan fingerprint density at radius 3 is 1.98 bits per heavy atom. The van der Waals surface area contributed by atoms with Crippen molar-refractivity contribution in [3.05, 3.63) is 193 Å². The Hall–Kier alpha value is -6.80. The van der Waals surface area contributed by atoms with E-state index in [0.717, 1.165) is 92.6 Å². The number of nitrogens with zero attached hydrogens (tertiary/aromatic N) is 4. The number of halogens is 1. The minimum absolute atomic E-state index is 0.0590. The maximum Gasteiger partial charge on any atom is 0.227 e. The fourth-order valence-corrected chi connectivity index (χ4v) is 10.8. The van der Waals surface area contributed by atoms with Gasteiger partial charge in [-0.1, -0.05) is 139 Å². The quantitative estimate of drug-likeness (QED) is 0.0748. The van der Waals surface area contributed by atoms with E-state index in [1.807, 2.05) is 79.0 Å². The zero-order chi connectivity index (χ0) is 45.4. The molecule has 8 heteroatoms. The predicted molar refractivity (Wildman–Crippen MR) is 266 cm³/mol. The van der Waals surface area contributed by atoms with Crippen molar-refractivity contribution < 1.29 is 19.1 Å². The highest BCUT2D eigenvalue weighted by Gasteiger charge is 2.55. The molecule has 330 valence electrons. The zero-order valence-corrected chi connectivity index (χ0v) is 38.4. The first-order valence-electron chi connectivity index (χ1n) is 22.9. The molecule has 3 aliphatic rings. The Labute approximate surface area is 392 Å². The second-order valence-electron chi connectivity index (χ2n) is 18.9. The summed E-state index contributed by atoms with van der Waals surface area (Å²) in [5.41, 5.74) is 9.10. The van der Waals surface area contributed by atoms with E-state index in [1.165, 1.54) is 5.56 Å². The van der Waals surface area contributed by atoms with E-state index < -0.39 is 11.7 Å². The molecule has 11 rings (SSSR count). The SMILES string of the molecule is C=C[C@@H]1C[N@+]2(Cc3cc(-c4ccccc4)c(OC(C)(C)C)c(-c4ccccc4)c3)CC[C@@H]1C[C@@H]2[C@H](Oc1nc(-c2ccccc2)nc(Cl)c1-c1ccccc1)c1ccnc2ccc(O)cc12. The molecule has 7 nitrogen and oxygen atoms in total. The smallest absolute Gasteiger partial charge is 0.227 e. The molecule has 2 aromatic heterocycles. The molecule has 0 amide bonds. The summed E-state index contributed by atoms with van der Waals surface area (Å²) in [5, 5.41) is 12.2. The number of ether oxygens (including phenoxy) is 2. The number of aromatic hydroxyl groups is 1. The van der Waals surface area contributed by atoms with E-state index in [-0.39, 0.29) is 11.8 Å². The van der Waals surface area contributed by atoms with Crippen molar-refractivity contribution in [1.82, 2.24) is 15.0 Å². The lowest BCUT2D eigenvalue weighted by atomic mass is 9.71. The number of hydrogen-bond donors (Lipinski definition) is 1. The third-order valence-electron chi connectivity index (χ3n) is 13.5. The van der Waals surface area contributed by atoms with Crippen LogP contribution in [0.15, 0.2) is 177 Å². The summed E-state index contributed by atoms with van der Waals surface area (Å²) in [4.78, 5) is 14.9. The molecule has 8 aromatic rings. The van der Waals surface area contributed by atoms with Gasteiger partial charge >= 0.3 is 0 Å². The van der Waals surface area contributed by atoms with E-state index in [9.17, 15) is 5.11 Å². The number of aromatic nitrogens is 3. The van der Waals surface area contributed by atoms with Gasteiger partial charge in [0, 0.05) is 58.2 Å². The maximum atomic E-state index is 11.0. The van der Waals surface area contributed by atoms with Gasteiger partial charge < -0.3 is 19.1 Å². The topological polar surface area (TPSA) is 77.4 Å². The summed E-state index contributed by atoms with van der Waals surface area (Å²) in [6.45, 7) is 13.3. The van der Waals surface area contributed by atoms with E-state index >= 15 is 0 Å². The normalized spacial score (nSPS) is 19.6. The lowest BCUT2D eigenvalue weighted by Crippen LogP contribution is -2.68. The third kappa shape index (κ3) is 8.57. The molecule has 0 spiro atoms. The minimum atomic E-state index is -0.548. The number of pyridine rings is 1. The maximum absolute atomic E-state index is 11.0. The molecule has 3 aliphatic heterocycles. The fraction of sp³-hybridized carbons (Fsp3) is 0.224. The second-order valence-corrected chi connectivity index (χ2v) is 19.2. The summed E-state index contributed by atoms with van der Waals surface area (Å²) in [6.07, 6.45) is 5.43. The van der Waals surface area contributed by atoms with Crippen molar-refractivity contribution in [1.29, 1.82) is 0 Å². The third-order valence-corrected chi connectivity index (χ3v) is 13.8. The van der Waals surface area contributed by atoms with Crippen LogP contribution in [0, 0.1) is 11.8 Å². The highest BCUT2D eigenvalue weighted by Crippen LogP contribution is 2.51. The molecule has 6 aromatic carbocycles. The van der Waals surface area contributed by atoms with Crippen LogP contribution < -0.4 is 9.47 Å². The Bertz CT molecular complexity index is 2960. The van der Waals surface area contributed by atoms with E-state index in [1.54, 1.807) is 6.07 Å². The van der Waals surface area contributed by atoms with Crippen LogP contribution in [0.5, 0.6) is 17.4 Å². The van der Waals surface area contributed by atoms with Crippen molar-refractivity contribution >= 4 is 22.5 Å². The molecule has 5 atom stereocenters. The Kier molecular flexibility index (Phi) is 11.7. The fourth-order valence-electron chi connectivity index (χ4n) is 10.5. The largest absolute Gasteiger partial charge is 0.508 e. The summed E-state index contributed by atoms with van der Waals surface area (Å²) < 4.78 is 15.4. The zero-order valence-electron chi connectivity index (χ0n) is 37.6. The van der Waals surface area contributed by atoms with Crippen LogP contribution >= 0.6 is 11.6 Å². The van der Waals surface area contributed by atoms with Gasteiger partial charge in [0.1, 0.15) is 34.8 Å². The molecular formula is C58H54ClN4O3+. The standard InChI is InChI=1S/C58H53ClN4O3/c1-5-39-37-63(36-38-32-47(40-18-10-6-11-19-40)53(66-58(2,3)4)48(33-38)41-20-12-7-13-21-41)31-29-44(39)34-51(63)54(46-28-30-60-50-27-26-45(64)35-49(46)50)65-57-52(42-22-14-8-15-23-42)55(59)61-56(62-57)43-24-16-9-17-25-43/h5-28,30,32-33,35,39,44,51,54H,1,29,31,34,36-37H2,2-4H3/p+1/t39-,44-,51-,54-,63-/m1/s1. The summed E-state index contributed by atoms with van der Waals surface area (Å²) >= 11 is 7.27. The van der Waals surface area contributed by atoms with Crippen LogP contribution in [0.2, 0.25) is 5.15 Å². The Morgan fingerprint density at radius 1 is 0.773 bits per heavy atom. The van der Waals surface area contributed by atoms with Crippen LogP contribution in [0.25, 0.3) is 55.7 Å². The summed E-state index contributed by atoms with van der Waals surface area (Å²) in [7, 11) is 0. The van der Waals surface area contributed by atoms with Crippen LogP contribution in [-0.4, -0.2) is 49.3 Å². The van der Waals surface area contributed by atoms with Gasteiger partial charge in [0.2, 0.25) is 5.88 Å². The van der Waals surface area contributed by atoms with Crippen molar-refractivity contribution in [3.8, 4) is 62.1 Å². The summed E-state index contributed by atoms with van der Waals surface area (Å²) in [5.74, 6) is 2.64. The Balaban J connectivity index is 1.19. The number of hydrogen-bond acceptors (Lipinski definition) is 6. The summed E-state index contributed by atoms with van der Waals surface area (Å²) in [6, 6.07) is 53.2. The molecule has 0 aliphatic carbocycles. The number of quaternary nitrogens is 1. The predicted octanol–water partition coefficient (Wildman–Crippen LogP) is 14.0. The van der Waals surface area contributed by atoms with Crippen LogP contribution in [-0.2, 0) is 6.54 Å². The van der Waals surface area contributed by atoms with Crippen molar-refractivity contribution in [2.45, 2.75) is 57.9 Å². The first-order valence-corrected chi connectivity index (χ1v) is 23.3. The minimum Gasteiger partial charge on any atom is -0.508 e. The number of fused-ring (bicyclic) bond motifs is 4. The monoisotopic (exact) mass is 889 g/mol.